The van der Waals surface area contributed by atoms with Crippen LogP contribution < -0.4 is 11.3 Å². The van der Waals surface area contributed by atoms with Crippen LogP contribution in [0, 0.1) is 0 Å². The molecule has 1 rings (SSSR count). The maximum Gasteiger partial charge on any atom is 0.338 e. The number of carbonyl (C=O) groups excluding carboxylic acids is 1. The number of rotatable bonds is 3. The molecule has 0 amide bonds. The highest BCUT2D eigenvalue weighted by atomic mass is 79.9. The summed E-state index contributed by atoms with van der Waals surface area (Å²) in [5, 5.41) is 0. The molecule has 0 spiro atoms. The van der Waals surface area contributed by atoms with Crippen LogP contribution in [0.2, 0.25) is 0 Å². The van der Waals surface area contributed by atoms with Crippen molar-refractivity contribution >= 4 is 27.6 Å². The standard InChI is InChI=1S/C9H11BrN2O2/c1-2-14-9(13)6-3-4-7(10)8(5-6)12-11/h3-5,12H,2,11H2,1H3. The van der Waals surface area contributed by atoms with Gasteiger partial charge >= 0.3 is 5.97 Å². The van der Waals surface area contributed by atoms with E-state index in [9.17, 15) is 4.79 Å². The Bertz CT molecular complexity index is 342. The summed E-state index contributed by atoms with van der Waals surface area (Å²) in [4.78, 5) is 11.3. The van der Waals surface area contributed by atoms with Crippen molar-refractivity contribution in [2.45, 2.75) is 6.92 Å². The summed E-state index contributed by atoms with van der Waals surface area (Å²) >= 11 is 3.28. The van der Waals surface area contributed by atoms with Gasteiger partial charge in [0.05, 0.1) is 17.9 Å². The van der Waals surface area contributed by atoms with Crippen molar-refractivity contribution in [2.75, 3.05) is 12.0 Å². The molecule has 0 aromatic heterocycles. The van der Waals surface area contributed by atoms with Crippen LogP contribution in [0.15, 0.2) is 22.7 Å². The van der Waals surface area contributed by atoms with Crippen LogP contribution in [0.3, 0.4) is 0 Å². The SMILES string of the molecule is CCOC(=O)c1ccc(Br)c(NN)c1. The van der Waals surface area contributed by atoms with Gasteiger partial charge in [-0.15, -0.1) is 0 Å². The van der Waals surface area contributed by atoms with Crippen molar-refractivity contribution in [1.82, 2.24) is 0 Å². The summed E-state index contributed by atoms with van der Waals surface area (Å²) in [6.45, 7) is 2.12. The zero-order valence-corrected chi connectivity index (χ0v) is 9.30. The normalized spacial score (nSPS) is 9.64. The van der Waals surface area contributed by atoms with E-state index in [1.165, 1.54) is 0 Å². The van der Waals surface area contributed by atoms with Gasteiger partial charge in [0.15, 0.2) is 0 Å². The number of benzene rings is 1. The molecule has 0 aliphatic heterocycles. The van der Waals surface area contributed by atoms with E-state index >= 15 is 0 Å². The van der Waals surface area contributed by atoms with E-state index in [2.05, 4.69) is 21.4 Å². The van der Waals surface area contributed by atoms with Crippen molar-refractivity contribution in [3.63, 3.8) is 0 Å². The first-order chi connectivity index (χ1) is 6.69. The molecule has 76 valence electrons. The summed E-state index contributed by atoms with van der Waals surface area (Å²) < 4.78 is 5.64. The molecule has 0 aliphatic carbocycles. The predicted octanol–water partition coefficient (Wildman–Crippen LogP) is 1.91. The van der Waals surface area contributed by atoms with E-state index in [-0.39, 0.29) is 5.97 Å². The monoisotopic (exact) mass is 258 g/mol. The molecule has 0 radical (unpaired) electrons. The molecule has 1 aromatic carbocycles. The number of hydrogen-bond acceptors (Lipinski definition) is 4. The summed E-state index contributed by atoms with van der Waals surface area (Å²) in [6, 6.07) is 5.03. The molecule has 0 saturated carbocycles. The van der Waals surface area contributed by atoms with Crippen LogP contribution >= 0.6 is 15.9 Å². The molecule has 0 aliphatic rings. The summed E-state index contributed by atoms with van der Waals surface area (Å²) in [6.07, 6.45) is 0. The Labute approximate surface area is 90.5 Å². The van der Waals surface area contributed by atoms with Crippen LogP contribution in [0.5, 0.6) is 0 Å². The highest BCUT2D eigenvalue weighted by molar-refractivity contribution is 9.10. The Kier molecular flexibility index (Phi) is 3.91. The van der Waals surface area contributed by atoms with E-state index in [1.54, 1.807) is 25.1 Å². The lowest BCUT2D eigenvalue weighted by Crippen LogP contribution is -2.10. The third-order valence-corrected chi connectivity index (χ3v) is 2.32. The molecule has 3 N–H and O–H groups in total. The molecule has 0 saturated heterocycles. The Balaban J connectivity index is 2.94. The second-order valence-electron chi connectivity index (χ2n) is 2.56. The van der Waals surface area contributed by atoms with Gasteiger partial charge in [0.1, 0.15) is 0 Å². The average molecular weight is 259 g/mol. The first-order valence-corrected chi connectivity index (χ1v) is 4.91. The number of anilines is 1. The van der Waals surface area contributed by atoms with Crippen LogP contribution in [-0.4, -0.2) is 12.6 Å². The molecule has 4 nitrogen and oxygen atoms in total. The second-order valence-corrected chi connectivity index (χ2v) is 3.41. The molecule has 14 heavy (non-hydrogen) atoms. The first-order valence-electron chi connectivity index (χ1n) is 4.12. The molecule has 0 heterocycles. The lowest BCUT2D eigenvalue weighted by atomic mass is 10.2. The van der Waals surface area contributed by atoms with E-state index in [4.69, 9.17) is 10.6 Å². The van der Waals surface area contributed by atoms with Crippen molar-refractivity contribution in [1.29, 1.82) is 0 Å². The molecular weight excluding hydrogens is 248 g/mol. The highest BCUT2D eigenvalue weighted by Crippen LogP contribution is 2.22. The van der Waals surface area contributed by atoms with Gasteiger partial charge in [-0.2, -0.15) is 0 Å². The van der Waals surface area contributed by atoms with Gasteiger partial charge in [0, 0.05) is 4.47 Å². The first kappa shape index (κ1) is 11.0. The Morgan fingerprint density at radius 1 is 1.64 bits per heavy atom. The van der Waals surface area contributed by atoms with Crippen molar-refractivity contribution < 1.29 is 9.53 Å². The van der Waals surface area contributed by atoms with E-state index in [0.717, 1.165) is 4.47 Å². The maximum atomic E-state index is 11.3. The fourth-order valence-electron chi connectivity index (χ4n) is 0.977. The molecular formula is C9H11BrN2O2. The lowest BCUT2D eigenvalue weighted by Gasteiger charge is -2.06. The van der Waals surface area contributed by atoms with Gasteiger partial charge in [-0.3, -0.25) is 5.84 Å². The Morgan fingerprint density at radius 2 is 2.36 bits per heavy atom. The molecule has 0 atom stereocenters. The number of halogens is 1. The molecule has 0 bridgehead atoms. The van der Waals surface area contributed by atoms with Gasteiger partial charge in [-0.1, -0.05) is 0 Å². The van der Waals surface area contributed by atoms with Gasteiger partial charge in [-0.05, 0) is 41.1 Å². The quantitative estimate of drug-likeness (QED) is 0.494. The minimum absolute atomic E-state index is 0.350. The number of nitrogens with two attached hydrogens (primary N) is 1. The summed E-state index contributed by atoms with van der Waals surface area (Å²) in [5.41, 5.74) is 3.60. The van der Waals surface area contributed by atoms with Crippen LogP contribution in [0.4, 0.5) is 5.69 Å². The molecule has 0 fully saturated rings. The van der Waals surface area contributed by atoms with Crippen molar-refractivity contribution in [3.05, 3.63) is 28.2 Å². The zero-order valence-electron chi connectivity index (χ0n) is 7.71. The van der Waals surface area contributed by atoms with Crippen LogP contribution in [-0.2, 0) is 4.74 Å². The zero-order chi connectivity index (χ0) is 10.6. The number of ether oxygens (including phenoxy) is 1. The molecule has 5 heteroatoms. The third kappa shape index (κ3) is 2.46. The number of esters is 1. The summed E-state index contributed by atoms with van der Waals surface area (Å²) in [7, 11) is 0. The number of hydrogen-bond donors (Lipinski definition) is 2. The minimum Gasteiger partial charge on any atom is -0.462 e. The second kappa shape index (κ2) is 4.97. The van der Waals surface area contributed by atoms with Crippen LogP contribution in [0.1, 0.15) is 17.3 Å². The van der Waals surface area contributed by atoms with Crippen LogP contribution in [0.25, 0.3) is 0 Å². The van der Waals surface area contributed by atoms with Gasteiger partial charge in [0.25, 0.3) is 0 Å². The minimum atomic E-state index is -0.350. The molecule has 0 unspecified atom stereocenters. The largest absolute Gasteiger partial charge is 0.462 e. The topological polar surface area (TPSA) is 64.3 Å². The van der Waals surface area contributed by atoms with Gasteiger partial charge in [-0.25, -0.2) is 4.79 Å². The van der Waals surface area contributed by atoms with Gasteiger partial charge in [0.2, 0.25) is 0 Å². The Hall–Kier alpha value is -1.07. The van der Waals surface area contributed by atoms with E-state index in [1.807, 2.05) is 0 Å². The summed E-state index contributed by atoms with van der Waals surface area (Å²) in [5.74, 6) is 4.91. The number of carbonyl (C=O) groups is 1. The van der Waals surface area contributed by atoms with Crippen molar-refractivity contribution in [2.24, 2.45) is 5.84 Å². The maximum absolute atomic E-state index is 11.3. The number of nitrogen functional groups attached to an aromatic ring is 1. The predicted molar refractivity (Wildman–Crippen MR) is 57.9 cm³/mol. The molecule has 1 aromatic rings. The fourth-order valence-corrected chi connectivity index (χ4v) is 1.34. The lowest BCUT2D eigenvalue weighted by molar-refractivity contribution is 0.0526. The van der Waals surface area contributed by atoms with Gasteiger partial charge < -0.3 is 10.2 Å². The smallest absolute Gasteiger partial charge is 0.338 e. The fraction of sp³-hybridized carbons (Fsp3) is 0.222. The van der Waals surface area contributed by atoms with Crippen molar-refractivity contribution in [3.8, 4) is 0 Å². The third-order valence-electron chi connectivity index (χ3n) is 1.63. The number of nitrogens with one attached hydrogen (secondary N) is 1. The Morgan fingerprint density at radius 3 is 2.93 bits per heavy atom. The van der Waals surface area contributed by atoms with E-state index in [0.29, 0.717) is 17.9 Å². The number of hydrazine groups is 1. The van der Waals surface area contributed by atoms with E-state index < -0.39 is 0 Å². The highest BCUT2D eigenvalue weighted by Gasteiger charge is 2.08. The average Bonchev–Trinajstić information content (AvgIpc) is 2.19.